The number of quaternary nitrogens is 1. The highest BCUT2D eigenvalue weighted by Crippen LogP contribution is 2.43. The highest BCUT2D eigenvalue weighted by Gasteiger charge is 2.27. The smallest absolute Gasteiger partial charge is 0.462 e. The van der Waals surface area contributed by atoms with Crippen LogP contribution in [0.3, 0.4) is 0 Å². The van der Waals surface area contributed by atoms with E-state index in [-0.39, 0.29) is 32.0 Å². The van der Waals surface area contributed by atoms with Crippen molar-refractivity contribution in [3.05, 3.63) is 194 Å². The van der Waals surface area contributed by atoms with Crippen molar-refractivity contribution in [2.24, 2.45) is 0 Å². The van der Waals surface area contributed by atoms with Crippen LogP contribution in [0.25, 0.3) is 0 Å². The molecule has 0 aliphatic heterocycles. The fraction of sp³-hybridized carbons (Fsp3) is 0.614. The molecule has 0 aromatic rings. The van der Waals surface area contributed by atoms with E-state index < -0.39 is 26.5 Å². The van der Waals surface area contributed by atoms with Crippen molar-refractivity contribution in [1.82, 2.24) is 0 Å². The number of nitrogens with zero attached hydrogens (tertiary/aromatic N) is 1. The van der Waals surface area contributed by atoms with Gasteiger partial charge in [0.15, 0.2) is 6.10 Å². The van der Waals surface area contributed by atoms with Crippen molar-refractivity contribution < 1.29 is 42.1 Å². The summed E-state index contributed by atoms with van der Waals surface area (Å²) >= 11 is 0. The number of hydrogen-bond acceptors (Lipinski definition) is 7. The first-order valence-electron chi connectivity index (χ1n) is 39.2. The Labute approximate surface area is 603 Å². The predicted octanol–water partition coefficient (Wildman–Crippen LogP) is 26.4. The number of carbonyl (C=O) groups excluding carboxylic acids is 2. The molecule has 0 aromatic heterocycles. The summed E-state index contributed by atoms with van der Waals surface area (Å²) in [4.78, 5) is 36.0. The zero-order chi connectivity index (χ0) is 71.1. The lowest BCUT2D eigenvalue weighted by Crippen LogP contribution is -2.37. The number of allylic oxidation sites excluding steroid dienone is 32. The Morgan fingerprint density at radius 1 is 0.316 bits per heavy atom. The molecule has 0 saturated heterocycles. The molecule has 0 aromatic carbocycles. The van der Waals surface area contributed by atoms with Crippen molar-refractivity contribution in [3.8, 4) is 0 Å². The zero-order valence-electron chi connectivity index (χ0n) is 63.2. The van der Waals surface area contributed by atoms with Crippen LogP contribution >= 0.6 is 7.82 Å². The van der Waals surface area contributed by atoms with E-state index in [0.29, 0.717) is 17.4 Å². The Balaban J connectivity index is 4.06. The fourth-order valence-corrected chi connectivity index (χ4v) is 11.0. The molecule has 0 amide bonds. The van der Waals surface area contributed by atoms with E-state index in [4.69, 9.17) is 18.5 Å². The summed E-state index contributed by atoms with van der Waals surface area (Å²) in [5.41, 5.74) is 0. The number of rotatable bonds is 70. The monoisotopic (exact) mass is 1380 g/mol. The molecule has 0 aliphatic carbocycles. The molecule has 0 saturated carbocycles. The molecule has 98 heavy (non-hydrogen) atoms. The first-order chi connectivity index (χ1) is 48.0. The number of ether oxygens (including phenoxy) is 2. The summed E-state index contributed by atoms with van der Waals surface area (Å²) in [7, 11) is 1.46. The van der Waals surface area contributed by atoms with Crippen LogP contribution in [0.15, 0.2) is 194 Å². The molecule has 0 rings (SSSR count). The third-order valence-corrected chi connectivity index (χ3v) is 17.1. The second-order valence-electron chi connectivity index (χ2n) is 26.6. The summed E-state index contributed by atoms with van der Waals surface area (Å²) in [6, 6.07) is 0. The Bertz CT molecular complexity index is 2360. The van der Waals surface area contributed by atoms with Crippen LogP contribution in [0.5, 0.6) is 0 Å². The summed E-state index contributed by atoms with van der Waals surface area (Å²) in [5, 5.41) is 0. The van der Waals surface area contributed by atoms with Crippen molar-refractivity contribution in [2.75, 3.05) is 47.5 Å². The summed E-state index contributed by atoms with van der Waals surface area (Å²) in [5.74, 6) is -0.807. The second kappa shape index (κ2) is 76.0. The highest BCUT2D eigenvalue weighted by molar-refractivity contribution is 7.47. The molecule has 554 valence electrons. The SMILES string of the molecule is CC/C=C\C/C=C\C/C=C\C/C=C\C/C=C\C/C=C\C/C=C\C/C=C\C/C=C\CCCCCCCCCCCCCCCC(=O)OC(COC(=O)CCCCCCCCCCCCC/C=C\C/C=C\C/C=C\C/C=C\C/C=C\C/C=C\C/C=C\CC)COP(=O)(O)OCC[N+](C)(C)C. The molecule has 0 radical (unpaired) electrons. The number of phosphoric ester groups is 1. The Kier molecular flexibility index (Phi) is 72.0. The second-order valence-corrected chi connectivity index (χ2v) is 28.1. The maximum absolute atomic E-state index is 12.9. The quantitative estimate of drug-likeness (QED) is 0.0211. The minimum Gasteiger partial charge on any atom is -0.462 e. The lowest BCUT2D eigenvalue weighted by Gasteiger charge is -2.24. The number of likely N-dealkylation sites (N-methyl/N-ethyl adjacent to an activating group) is 1. The van der Waals surface area contributed by atoms with Gasteiger partial charge in [-0.2, -0.15) is 0 Å². The molecule has 0 spiro atoms. The summed E-state index contributed by atoms with van der Waals surface area (Å²) in [6.07, 6.45) is 118. The average Bonchev–Trinajstić information content (AvgIpc) is 1.08. The standard InChI is InChI=1S/C88H144NO8P/c1-6-8-10-12-14-16-18-20-22-24-26-28-30-32-34-36-38-40-41-42-43-44-45-46-47-49-51-53-55-57-59-61-63-65-67-69-71-73-75-77-79-81-88(91)97-86(85-96-98(92,93)95-83-82-89(3,4)5)84-94-87(90)80-78-76-74-72-70-68-66-64-62-60-58-56-54-52-50-48-39-37-35-33-31-29-27-25-23-21-19-17-15-13-11-9-7-2/h8-11,14-17,20-23,26-29,32-35,38-40,42-43,45-46,48-49,51-52,54,86H,6-7,12-13,18-19,24-25,30-31,36-37,41,44,47,50,53,55-85H2,1-5H3/p+1/b10-8-,11-9-,16-14-,17-15-,22-20-,23-21-,28-26-,29-27-,34-32-,35-33-,40-38-,43-42-,46-45-,48-39-,51-49-,54-52-. The molecule has 9 nitrogen and oxygen atoms in total. The summed E-state index contributed by atoms with van der Waals surface area (Å²) < 4.78 is 34.8. The van der Waals surface area contributed by atoms with Gasteiger partial charge in [-0.05, 0) is 141 Å². The van der Waals surface area contributed by atoms with Crippen LogP contribution in [-0.2, 0) is 32.7 Å². The van der Waals surface area contributed by atoms with E-state index in [0.717, 1.165) is 154 Å². The van der Waals surface area contributed by atoms with Crippen molar-refractivity contribution >= 4 is 19.8 Å². The van der Waals surface area contributed by atoms with Crippen molar-refractivity contribution in [1.29, 1.82) is 0 Å². The fourth-order valence-electron chi connectivity index (χ4n) is 10.2. The molecular formula is C88H145NO8P+. The number of esters is 2. The van der Waals surface area contributed by atoms with Crippen LogP contribution < -0.4 is 0 Å². The van der Waals surface area contributed by atoms with Crippen LogP contribution in [0.4, 0.5) is 0 Å². The first kappa shape index (κ1) is 92.8. The molecule has 0 aliphatic rings. The third kappa shape index (κ3) is 79.8. The Morgan fingerprint density at radius 3 is 0.816 bits per heavy atom. The van der Waals surface area contributed by atoms with Gasteiger partial charge in [0.05, 0.1) is 27.7 Å². The number of carbonyl (C=O) groups is 2. The van der Waals surface area contributed by atoms with Gasteiger partial charge in [-0.15, -0.1) is 0 Å². The van der Waals surface area contributed by atoms with Gasteiger partial charge in [0.25, 0.3) is 0 Å². The zero-order valence-corrected chi connectivity index (χ0v) is 64.1. The Morgan fingerprint density at radius 2 is 0.551 bits per heavy atom. The van der Waals surface area contributed by atoms with Crippen molar-refractivity contribution in [3.63, 3.8) is 0 Å². The predicted molar refractivity (Wildman–Crippen MR) is 426 cm³/mol. The average molecular weight is 1380 g/mol. The molecule has 10 heteroatoms. The largest absolute Gasteiger partial charge is 0.472 e. The van der Waals surface area contributed by atoms with E-state index in [9.17, 15) is 19.0 Å². The van der Waals surface area contributed by atoms with Crippen LogP contribution in [0.2, 0.25) is 0 Å². The topological polar surface area (TPSA) is 108 Å². The minimum atomic E-state index is -4.41. The van der Waals surface area contributed by atoms with Gasteiger partial charge in [-0.25, -0.2) is 4.57 Å². The van der Waals surface area contributed by atoms with E-state index >= 15 is 0 Å². The molecule has 0 bridgehead atoms. The van der Waals surface area contributed by atoms with Gasteiger partial charge < -0.3 is 18.9 Å². The van der Waals surface area contributed by atoms with Gasteiger partial charge in [0, 0.05) is 12.8 Å². The Hall–Kier alpha value is -5.15. The lowest BCUT2D eigenvalue weighted by atomic mass is 10.0. The normalized spacial score (nSPS) is 14.1. The molecule has 2 atom stereocenters. The van der Waals surface area contributed by atoms with E-state index in [1.807, 2.05) is 21.1 Å². The van der Waals surface area contributed by atoms with Crippen LogP contribution in [0, 0.1) is 0 Å². The van der Waals surface area contributed by atoms with Gasteiger partial charge in [-0.1, -0.05) is 337 Å². The number of hydrogen-bond donors (Lipinski definition) is 1. The number of unbranched alkanes of at least 4 members (excludes halogenated alkanes) is 24. The molecule has 2 unspecified atom stereocenters. The highest BCUT2D eigenvalue weighted by atomic mass is 31.2. The molecular weight excluding hydrogens is 1230 g/mol. The number of phosphoric acid groups is 1. The minimum absolute atomic E-state index is 0.0228. The maximum atomic E-state index is 12.9. The molecule has 1 N–H and O–H groups in total. The summed E-state index contributed by atoms with van der Waals surface area (Å²) in [6.45, 7) is 4.20. The molecule has 0 fully saturated rings. The van der Waals surface area contributed by atoms with Gasteiger partial charge in [-0.3, -0.25) is 18.6 Å². The van der Waals surface area contributed by atoms with Gasteiger partial charge in [0.2, 0.25) is 0 Å². The first-order valence-corrected chi connectivity index (χ1v) is 40.7. The van der Waals surface area contributed by atoms with Gasteiger partial charge >= 0.3 is 19.8 Å². The third-order valence-electron chi connectivity index (χ3n) is 16.1. The van der Waals surface area contributed by atoms with E-state index in [1.165, 1.54) is 109 Å². The van der Waals surface area contributed by atoms with Crippen molar-refractivity contribution in [2.45, 2.75) is 302 Å². The molecule has 0 heterocycles. The van der Waals surface area contributed by atoms with Crippen LogP contribution in [0.1, 0.15) is 296 Å². The van der Waals surface area contributed by atoms with E-state index in [2.05, 4.69) is 208 Å². The van der Waals surface area contributed by atoms with Gasteiger partial charge in [0.1, 0.15) is 19.8 Å². The van der Waals surface area contributed by atoms with Crippen LogP contribution in [-0.4, -0.2) is 74.9 Å². The lowest BCUT2D eigenvalue weighted by molar-refractivity contribution is -0.870. The maximum Gasteiger partial charge on any atom is 0.472 e. The van der Waals surface area contributed by atoms with E-state index in [1.54, 1.807) is 0 Å².